The largest absolute Gasteiger partial charge is 0.384 e. The van der Waals surface area contributed by atoms with Crippen molar-refractivity contribution in [3.8, 4) is 0 Å². The van der Waals surface area contributed by atoms with Gasteiger partial charge in [-0.05, 0) is 44.1 Å². The minimum absolute atomic E-state index is 0.0172. The minimum Gasteiger partial charge on any atom is -0.384 e. The summed E-state index contributed by atoms with van der Waals surface area (Å²) in [5.74, 6) is -0.0172. The number of anilines is 1. The van der Waals surface area contributed by atoms with Gasteiger partial charge >= 0.3 is 0 Å². The number of nitrogens with one attached hydrogen (secondary N) is 2. The monoisotopic (exact) mass is 398 g/mol. The Morgan fingerprint density at radius 1 is 1.48 bits per heavy atom. The van der Waals surface area contributed by atoms with Crippen LogP contribution < -0.4 is 10.6 Å². The number of methoxy groups -OCH3 is 1. The molecule has 1 amide bonds. The fourth-order valence-corrected chi connectivity index (χ4v) is 4.58. The second-order valence-corrected chi connectivity index (χ2v) is 8.40. The summed E-state index contributed by atoms with van der Waals surface area (Å²) in [4.78, 5) is 13.7. The van der Waals surface area contributed by atoms with Gasteiger partial charge in [0.05, 0.1) is 17.0 Å². The van der Waals surface area contributed by atoms with Gasteiger partial charge in [0, 0.05) is 17.7 Å². The van der Waals surface area contributed by atoms with Crippen molar-refractivity contribution in [3.05, 3.63) is 28.7 Å². The fraction of sp³-hybridized carbons (Fsp3) is 0.438. The van der Waals surface area contributed by atoms with Crippen molar-refractivity contribution in [1.82, 2.24) is 15.5 Å². The van der Waals surface area contributed by atoms with Crippen LogP contribution in [-0.4, -0.2) is 42.9 Å². The molecule has 1 saturated heterocycles. The Morgan fingerprint density at radius 2 is 2.28 bits per heavy atom. The highest BCUT2D eigenvalue weighted by molar-refractivity contribution is 8.01. The average Bonchev–Trinajstić information content (AvgIpc) is 3.11. The van der Waals surface area contributed by atoms with Crippen molar-refractivity contribution in [2.24, 2.45) is 5.41 Å². The number of piperidine rings is 1. The smallest absolute Gasteiger partial charge is 0.233 e. The molecule has 0 unspecified atom stereocenters. The van der Waals surface area contributed by atoms with Crippen LogP contribution in [0.3, 0.4) is 0 Å². The Kier molecular flexibility index (Phi) is 6.29. The summed E-state index contributed by atoms with van der Waals surface area (Å²) in [6, 6.07) is 5.51. The number of hydrogen-bond donors (Lipinski definition) is 2. The van der Waals surface area contributed by atoms with Crippen LogP contribution in [0.5, 0.6) is 0 Å². The maximum absolute atomic E-state index is 12.8. The van der Waals surface area contributed by atoms with Crippen LogP contribution >= 0.6 is 34.7 Å². The topological polar surface area (TPSA) is 76.1 Å². The third kappa shape index (κ3) is 4.51. The van der Waals surface area contributed by atoms with E-state index in [9.17, 15) is 4.79 Å². The second kappa shape index (κ2) is 8.46. The third-order valence-corrected chi connectivity index (χ3v) is 6.47. The van der Waals surface area contributed by atoms with E-state index in [-0.39, 0.29) is 5.91 Å². The summed E-state index contributed by atoms with van der Waals surface area (Å²) >= 11 is 9.27. The number of halogens is 1. The standard InChI is InChI=1S/C16H19ClN4O2S2/c1-23-9-16(4-6-18-7-5-16)14(22)20-11-2-3-13(12(17)8-11)25-15-21-19-10-24-15/h2-3,8,10,18H,4-7,9H2,1H3,(H,20,22). The van der Waals surface area contributed by atoms with E-state index in [1.807, 2.05) is 12.1 Å². The molecule has 0 spiro atoms. The van der Waals surface area contributed by atoms with Crippen molar-refractivity contribution < 1.29 is 9.53 Å². The van der Waals surface area contributed by atoms with Gasteiger partial charge in [0.15, 0.2) is 4.34 Å². The summed E-state index contributed by atoms with van der Waals surface area (Å²) in [5, 5.41) is 14.7. The molecular weight excluding hydrogens is 380 g/mol. The Bertz CT molecular complexity index is 715. The molecule has 0 atom stereocenters. The maximum Gasteiger partial charge on any atom is 0.233 e. The van der Waals surface area contributed by atoms with Gasteiger partial charge in [-0.1, -0.05) is 34.7 Å². The van der Waals surface area contributed by atoms with Crippen LogP contribution in [0.2, 0.25) is 5.02 Å². The molecule has 25 heavy (non-hydrogen) atoms. The molecule has 1 aliphatic rings. The van der Waals surface area contributed by atoms with E-state index in [0.29, 0.717) is 17.3 Å². The van der Waals surface area contributed by atoms with Crippen LogP contribution in [0, 0.1) is 5.41 Å². The lowest BCUT2D eigenvalue weighted by molar-refractivity contribution is -0.130. The molecule has 1 aliphatic heterocycles. The van der Waals surface area contributed by atoms with E-state index in [4.69, 9.17) is 16.3 Å². The summed E-state index contributed by atoms with van der Waals surface area (Å²) in [7, 11) is 1.63. The van der Waals surface area contributed by atoms with Crippen molar-refractivity contribution in [2.75, 3.05) is 32.1 Å². The number of aromatic nitrogens is 2. The molecular formula is C16H19ClN4O2S2. The first-order valence-electron chi connectivity index (χ1n) is 7.88. The lowest BCUT2D eigenvalue weighted by atomic mass is 9.78. The Hall–Kier alpha value is -1.19. The zero-order valence-electron chi connectivity index (χ0n) is 13.8. The molecule has 2 aromatic rings. The highest BCUT2D eigenvalue weighted by Gasteiger charge is 2.39. The van der Waals surface area contributed by atoms with E-state index in [2.05, 4.69) is 20.8 Å². The molecule has 0 radical (unpaired) electrons. The number of hydrogen-bond acceptors (Lipinski definition) is 7. The first-order valence-corrected chi connectivity index (χ1v) is 9.95. The highest BCUT2D eigenvalue weighted by atomic mass is 35.5. The van der Waals surface area contributed by atoms with Gasteiger partial charge in [-0.25, -0.2) is 0 Å². The van der Waals surface area contributed by atoms with Crippen LogP contribution in [0.4, 0.5) is 5.69 Å². The van der Waals surface area contributed by atoms with E-state index in [0.717, 1.165) is 35.2 Å². The molecule has 1 aromatic carbocycles. The molecule has 9 heteroatoms. The summed E-state index contributed by atoms with van der Waals surface area (Å²) in [5.41, 5.74) is 1.87. The van der Waals surface area contributed by atoms with Gasteiger partial charge in [-0.3, -0.25) is 4.79 Å². The summed E-state index contributed by atoms with van der Waals surface area (Å²) in [6.07, 6.45) is 1.51. The van der Waals surface area contributed by atoms with Crippen molar-refractivity contribution in [1.29, 1.82) is 0 Å². The molecule has 3 rings (SSSR count). The lowest BCUT2D eigenvalue weighted by Crippen LogP contribution is -2.47. The first kappa shape index (κ1) is 18.6. The predicted octanol–water partition coefficient (Wildman–Crippen LogP) is 3.30. The zero-order valence-corrected chi connectivity index (χ0v) is 16.1. The SMILES string of the molecule is COCC1(C(=O)Nc2ccc(Sc3nncs3)c(Cl)c2)CCNCC1. The van der Waals surface area contributed by atoms with E-state index < -0.39 is 5.41 Å². The number of carbonyl (C=O) groups excluding carboxylic acids is 1. The van der Waals surface area contributed by atoms with E-state index in [1.54, 1.807) is 18.7 Å². The molecule has 6 nitrogen and oxygen atoms in total. The van der Waals surface area contributed by atoms with Gasteiger partial charge in [-0.2, -0.15) is 0 Å². The minimum atomic E-state index is -0.494. The Balaban J connectivity index is 1.71. The molecule has 1 aromatic heterocycles. The number of carbonyl (C=O) groups is 1. The molecule has 2 heterocycles. The zero-order chi connectivity index (χ0) is 17.7. The van der Waals surface area contributed by atoms with Gasteiger partial charge in [-0.15, -0.1) is 10.2 Å². The Labute approximate surface area is 159 Å². The number of ether oxygens (including phenoxy) is 1. The van der Waals surface area contributed by atoms with E-state index >= 15 is 0 Å². The second-order valence-electron chi connectivity index (χ2n) is 5.87. The highest BCUT2D eigenvalue weighted by Crippen LogP contribution is 2.36. The van der Waals surface area contributed by atoms with Crippen LogP contribution in [-0.2, 0) is 9.53 Å². The number of benzene rings is 1. The predicted molar refractivity (Wildman–Crippen MR) is 101 cm³/mol. The van der Waals surface area contributed by atoms with Crippen molar-refractivity contribution >= 4 is 46.3 Å². The van der Waals surface area contributed by atoms with Gasteiger partial charge in [0.1, 0.15) is 5.51 Å². The van der Waals surface area contributed by atoms with Gasteiger partial charge in [0.25, 0.3) is 0 Å². The molecule has 0 aliphatic carbocycles. The van der Waals surface area contributed by atoms with Crippen molar-refractivity contribution in [2.45, 2.75) is 22.1 Å². The molecule has 0 bridgehead atoms. The van der Waals surface area contributed by atoms with E-state index in [1.165, 1.54) is 23.1 Å². The molecule has 1 fully saturated rings. The average molecular weight is 399 g/mol. The maximum atomic E-state index is 12.8. The Morgan fingerprint density at radius 3 is 2.92 bits per heavy atom. The van der Waals surface area contributed by atoms with Crippen molar-refractivity contribution in [3.63, 3.8) is 0 Å². The normalized spacial score (nSPS) is 16.6. The lowest BCUT2D eigenvalue weighted by Gasteiger charge is -2.35. The van der Waals surface area contributed by atoms with Gasteiger partial charge < -0.3 is 15.4 Å². The fourth-order valence-electron chi connectivity index (χ4n) is 2.85. The molecule has 134 valence electrons. The number of nitrogens with zero attached hydrogens (tertiary/aromatic N) is 2. The number of rotatable bonds is 6. The quantitative estimate of drug-likeness (QED) is 0.777. The molecule has 2 N–H and O–H groups in total. The summed E-state index contributed by atoms with van der Waals surface area (Å²) < 4.78 is 6.14. The number of amides is 1. The van der Waals surface area contributed by atoms with Crippen LogP contribution in [0.1, 0.15) is 12.8 Å². The third-order valence-electron chi connectivity index (χ3n) is 4.19. The summed E-state index contributed by atoms with van der Waals surface area (Å²) in [6.45, 7) is 2.04. The first-order chi connectivity index (χ1) is 12.1. The molecule has 0 saturated carbocycles. The van der Waals surface area contributed by atoms with Crippen LogP contribution in [0.25, 0.3) is 0 Å². The van der Waals surface area contributed by atoms with Gasteiger partial charge in [0.2, 0.25) is 5.91 Å². The van der Waals surface area contributed by atoms with Crippen LogP contribution in [0.15, 0.2) is 32.9 Å².